The topological polar surface area (TPSA) is 83.8 Å². The Balaban J connectivity index is 0.00000288. The summed E-state index contributed by atoms with van der Waals surface area (Å²) in [5, 5.41) is 2.97. The van der Waals surface area contributed by atoms with E-state index < -0.39 is 0 Å². The zero-order chi connectivity index (χ0) is 16.5. The lowest BCUT2D eigenvalue weighted by Crippen LogP contribution is -2.11. The van der Waals surface area contributed by atoms with Crippen LogP contribution in [0.4, 0.5) is 5.69 Å². The third-order valence-electron chi connectivity index (χ3n) is 3.94. The Labute approximate surface area is 162 Å². The number of aryl methyl sites for hydroxylation is 1. The highest BCUT2D eigenvalue weighted by Crippen LogP contribution is 2.18. The molecule has 2 aromatic rings. The van der Waals surface area contributed by atoms with E-state index in [0.29, 0.717) is 6.42 Å². The lowest BCUT2D eigenvalue weighted by molar-refractivity contribution is -0.116. The van der Waals surface area contributed by atoms with Gasteiger partial charge in [-0.2, -0.15) is 0 Å². The first-order valence-corrected chi connectivity index (χ1v) is 8.71. The fourth-order valence-electron chi connectivity index (χ4n) is 2.61. The van der Waals surface area contributed by atoms with Gasteiger partial charge in [0.05, 0.1) is 11.0 Å². The summed E-state index contributed by atoms with van der Waals surface area (Å²) in [5.41, 5.74) is 8.23. The molecule has 2 rings (SSSR count). The molecular weight excluding hydrogens is 359 g/mol. The number of aromatic nitrogens is 2. The maximum Gasteiger partial charge on any atom is 0.224 e. The molecule has 25 heavy (non-hydrogen) atoms. The number of H-pyrrole nitrogens is 1. The number of benzene rings is 1. The number of carbonyl (C=O) groups excluding carboxylic acids is 1. The Morgan fingerprint density at radius 2 is 1.92 bits per heavy atom. The fraction of sp³-hybridized carbons (Fsp3) is 0.556. The molecule has 1 heterocycles. The van der Waals surface area contributed by atoms with Crippen LogP contribution < -0.4 is 11.1 Å². The van der Waals surface area contributed by atoms with E-state index >= 15 is 0 Å². The van der Waals surface area contributed by atoms with Crippen LogP contribution in [-0.4, -0.2) is 22.4 Å². The van der Waals surface area contributed by atoms with Crippen molar-refractivity contribution < 1.29 is 4.79 Å². The molecule has 142 valence electrons. The van der Waals surface area contributed by atoms with Gasteiger partial charge in [-0.1, -0.05) is 26.2 Å². The molecule has 1 amide bonds. The number of anilines is 1. The van der Waals surface area contributed by atoms with Crippen molar-refractivity contribution in [2.45, 2.75) is 58.3 Å². The third kappa shape index (κ3) is 8.08. The van der Waals surface area contributed by atoms with E-state index in [9.17, 15) is 4.79 Å². The minimum absolute atomic E-state index is 0. The highest BCUT2D eigenvalue weighted by Gasteiger charge is 2.06. The van der Waals surface area contributed by atoms with Crippen LogP contribution in [0.5, 0.6) is 0 Å². The fourth-order valence-corrected chi connectivity index (χ4v) is 2.61. The Bertz CT molecular complexity index is 631. The first-order valence-electron chi connectivity index (χ1n) is 8.71. The van der Waals surface area contributed by atoms with Crippen molar-refractivity contribution in [2.75, 3.05) is 11.9 Å². The number of rotatable bonds is 10. The quantitative estimate of drug-likeness (QED) is 0.520. The van der Waals surface area contributed by atoms with Gasteiger partial charge in [0.2, 0.25) is 5.91 Å². The van der Waals surface area contributed by atoms with Crippen LogP contribution in [0, 0.1) is 0 Å². The van der Waals surface area contributed by atoms with E-state index in [1.165, 1.54) is 0 Å². The summed E-state index contributed by atoms with van der Waals surface area (Å²) in [7, 11) is 0. The molecule has 0 bridgehead atoms. The molecule has 5 nitrogen and oxygen atoms in total. The number of amides is 1. The minimum atomic E-state index is 0. The second-order valence-electron chi connectivity index (χ2n) is 6.02. The molecule has 0 aliphatic rings. The highest BCUT2D eigenvalue weighted by atomic mass is 35.5. The molecule has 0 unspecified atom stereocenters. The van der Waals surface area contributed by atoms with E-state index in [2.05, 4.69) is 22.2 Å². The standard InChI is InChI=1S/C18H28N4O.2ClH/c1-2-3-8-17-21-15-11-10-14(13-16(15)22-17)20-18(23)9-6-4-5-7-12-19;;/h10-11,13H,2-9,12,19H2,1H3,(H,20,23)(H,21,22);2*1H. The largest absolute Gasteiger partial charge is 0.342 e. The van der Waals surface area contributed by atoms with E-state index in [1.54, 1.807) is 0 Å². The normalized spacial score (nSPS) is 10.2. The number of nitrogens with two attached hydrogens (primary N) is 1. The molecule has 0 spiro atoms. The summed E-state index contributed by atoms with van der Waals surface area (Å²) in [6, 6.07) is 5.83. The van der Waals surface area contributed by atoms with Crippen LogP contribution in [0.1, 0.15) is 57.7 Å². The van der Waals surface area contributed by atoms with E-state index in [0.717, 1.165) is 74.0 Å². The van der Waals surface area contributed by atoms with Crippen molar-refractivity contribution in [3.63, 3.8) is 0 Å². The first-order chi connectivity index (χ1) is 11.2. The van der Waals surface area contributed by atoms with Crippen LogP contribution in [0.25, 0.3) is 11.0 Å². The van der Waals surface area contributed by atoms with Gasteiger partial charge in [0.25, 0.3) is 0 Å². The minimum Gasteiger partial charge on any atom is -0.342 e. The zero-order valence-electron chi connectivity index (χ0n) is 14.8. The lowest BCUT2D eigenvalue weighted by atomic mass is 10.1. The summed E-state index contributed by atoms with van der Waals surface area (Å²) < 4.78 is 0. The number of hydrogen-bond acceptors (Lipinski definition) is 3. The molecule has 0 saturated carbocycles. The molecule has 1 aromatic carbocycles. The number of nitrogens with one attached hydrogen (secondary N) is 2. The van der Waals surface area contributed by atoms with Gasteiger partial charge in [-0.25, -0.2) is 4.98 Å². The number of fused-ring (bicyclic) bond motifs is 1. The van der Waals surface area contributed by atoms with Crippen molar-refractivity contribution >= 4 is 47.4 Å². The van der Waals surface area contributed by atoms with Crippen molar-refractivity contribution in [1.29, 1.82) is 0 Å². The Morgan fingerprint density at radius 3 is 2.64 bits per heavy atom. The van der Waals surface area contributed by atoms with Gasteiger partial charge < -0.3 is 16.0 Å². The Kier molecular flexibility index (Phi) is 12.3. The van der Waals surface area contributed by atoms with Crippen molar-refractivity contribution in [1.82, 2.24) is 9.97 Å². The van der Waals surface area contributed by atoms with Crippen LogP contribution in [0.3, 0.4) is 0 Å². The van der Waals surface area contributed by atoms with Gasteiger partial charge >= 0.3 is 0 Å². The first kappa shape index (κ1) is 23.7. The molecule has 0 aliphatic heterocycles. The van der Waals surface area contributed by atoms with Crippen LogP contribution in [-0.2, 0) is 11.2 Å². The predicted molar refractivity (Wildman–Crippen MR) is 110 cm³/mol. The summed E-state index contributed by atoms with van der Waals surface area (Å²) in [6.45, 7) is 2.91. The summed E-state index contributed by atoms with van der Waals surface area (Å²) in [6.07, 6.45) is 7.94. The molecule has 0 atom stereocenters. The molecule has 0 fully saturated rings. The number of imidazole rings is 1. The van der Waals surface area contributed by atoms with E-state index in [-0.39, 0.29) is 30.7 Å². The van der Waals surface area contributed by atoms with Crippen LogP contribution >= 0.6 is 24.8 Å². The predicted octanol–water partition coefficient (Wildman–Crippen LogP) is 4.60. The highest BCUT2D eigenvalue weighted by molar-refractivity contribution is 5.93. The van der Waals surface area contributed by atoms with E-state index in [4.69, 9.17) is 5.73 Å². The van der Waals surface area contributed by atoms with Crippen molar-refractivity contribution in [3.8, 4) is 0 Å². The average molecular weight is 389 g/mol. The average Bonchev–Trinajstić information content (AvgIpc) is 2.94. The third-order valence-corrected chi connectivity index (χ3v) is 3.94. The van der Waals surface area contributed by atoms with Crippen molar-refractivity contribution in [2.24, 2.45) is 5.73 Å². The second-order valence-corrected chi connectivity index (χ2v) is 6.02. The molecule has 1 aromatic heterocycles. The SMILES string of the molecule is CCCCc1nc2ccc(NC(=O)CCCCCCN)cc2[nH]1.Cl.Cl. The van der Waals surface area contributed by atoms with Gasteiger partial charge in [0.15, 0.2) is 0 Å². The Hall–Kier alpha value is -1.30. The van der Waals surface area contributed by atoms with Gasteiger partial charge in [-0.05, 0) is 44.0 Å². The van der Waals surface area contributed by atoms with Gasteiger partial charge in [-0.15, -0.1) is 24.8 Å². The zero-order valence-corrected chi connectivity index (χ0v) is 16.5. The number of nitrogens with zero attached hydrogens (tertiary/aromatic N) is 1. The van der Waals surface area contributed by atoms with Crippen LogP contribution in [0.2, 0.25) is 0 Å². The van der Waals surface area contributed by atoms with E-state index in [1.807, 2.05) is 18.2 Å². The summed E-state index contributed by atoms with van der Waals surface area (Å²) in [4.78, 5) is 19.9. The molecule has 4 N–H and O–H groups in total. The maximum absolute atomic E-state index is 12.0. The molecule has 0 radical (unpaired) electrons. The summed E-state index contributed by atoms with van der Waals surface area (Å²) >= 11 is 0. The molecule has 0 saturated heterocycles. The Morgan fingerprint density at radius 1 is 1.16 bits per heavy atom. The van der Waals surface area contributed by atoms with Gasteiger partial charge in [0.1, 0.15) is 5.82 Å². The lowest BCUT2D eigenvalue weighted by Gasteiger charge is -2.05. The number of unbranched alkanes of at least 4 members (excludes halogenated alkanes) is 4. The molecular formula is C18H30Cl2N4O. The summed E-state index contributed by atoms with van der Waals surface area (Å²) in [5.74, 6) is 1.09. The monoisotopic (exact) mass is 388 g/mol. The van der Waals surface area contributed by atoms with Crippen LogP contribution in [0.15, 0.2) is 18.2 Å². The molecule has 7 heteroatoms. The maximum atomic E-state index is 12.0. The van der Waals surface area contributed by atoms with Gasteiger partial charge in [0, 0.05) is 18.5 Å². The number of hydrogen-bond donors (Lipinski definition) is 3. The number of carbonyl (C=O) groups is 1. The second kappa shape index (κ2) is 13.0. The van der Waals surface area contributed by atoms with Crippen molar-refractivity contribution in [3.05, 3.63) is 24.0 Å². The smallest absolute Gasteiger partial charge is 0.224 e. The number of aromatic amines is 1. The van der Waals surface area contributed by atoms with Gasteiger partial charge in [-0.3, -0.25) is 4.79 Å². The molecule has 0 aliphatic carbocycles. The number of halogens is 2.